The average Bonchev–Trinajstić information content (AvgIpc) is 2.29. The van der Waals surface area contributed by atoms with Crippen LogP contribution in [0.2, 0.25) is 0 Å². The Morgan fingerprint density at radius 3 is 1.71 bits per heavy atom. The van der Waals surface area contributed by atoms with Crippen LogP contribution in [0.25, 0.3) is 0 Å². The molecule has 17 heavy (non-hydrogen) atoms. The topological polar surface area (TPSA) is 57.6 Å². The van der Waals surface area contributed by atoms with Crippen molar-refractivity contribution in [2.45, 2.75) is 52.4 Å². The minimum absolute atomic E-state index is 0.0927. The van der Waals surface area contributed by atoms with E-state index in [-0.39, 0.29) is 5.92 Å². The van der Waals surface area contributed by atoms with Gasteiger partial charge in [-0.1, -0.05) is 39.5 Å². The quantitative estimate of drug-likeness (QED) is 0.669. The van der Waals surface area contributed by atoms with Gasteiger partial charge in [-0.15, -0.1) is 0 Å². The van der Waals surface area contributed by atoms with Gasteiger partial charge in [-0.05, 0) is 12.8 Å². The van der Waals surface area contributed by atoms with Crippen LogP contribution in [0.15, 0.2) is 0 Å². The van der Waals surface area contributed by atoms with Gasteiger partial charge in [0.05, 0.1) is 5.92 Å². The van der Waals surface area contributed by atoms with Crippen molar-refractivity contribution in [2.24, 2.45) is 5.92 Å². The average molecular weight is 245 g/mol. The first-order valence-corrected chi connectivity index (χ1v) is 6.34. The normalized spacial score (nSPS) is 9.47. The number of carbonyl (C=O) groups is 2. The molecule has 0 atom stereocenters. The molecular formula is C13H27NO3. The summed E-state index contributed by atoms with van der Waals surface area (Å²) in [6.45, 7) is 4.19. The molecule has 0 heterocycles. The molecule has 0 aromatic carbocycles. The molecule has 0 spiro atoms. The van der Waals surface area contributed by atoms with Crippen LogP contribution >= 0.6 is 0 Å². The number of hydrogen-bond donors (Lipinski definition) is 1. The minimum atomic E-state index is -0.614. The lowest BCUT2D eigenvalue weighted by atomic mass is 9.96. The number of carbonyl (C=O) groups excluding carboxylic acids is 1. The van der Waals surface area contributed by atoms with Crippen molar-refractivity contribution in [1.29, 1.82) is 0 Å². The summed E-state index contributed by atoms with van der Waals surface area (Å²) in [6.07, 6.45) is 6.73. The van der Waals surface area contributed by atoms with Crippen molar-refractivity contribution < 1.29 is 14.7 Å². The van der Waals surface area contributed by atoms with Crippen LogP contribution in [0.1, 0.15) is 52.4 Å². The molecule has 1 N–H and O–H groups in total. The highest BCUT2D eigenvalue weighted by atomic mass is 16.4. The summed E-state index contributed by atoms with van der Waals surface area (Å²) in [4.78, 5) is 21.6. The smallest absolute Gasteiger partial charge is 0.306 e. The second kappa shape index (κ2) is 13.0. The first-order chi connectivity index (χ1) is 7.99. The first-order valence-electron chi connectivity index (χ1n) is 6.34. The zero-order valence-electron chi connectivity index (χ0n) is 11.6. The standard InChI is InChI=1S/C10H20O2.C3H7NO/c1-3-5-7-9(10(11)12)8-6-4-2;1-4(2)3-5/h9H,3-8H2,1-2H3,(H,11,12);3H,1-2H3. The molecule has 0 aliphatic carbocycles. The molecule has 0 unspecified atom stereocenters. The molecule has 0 saturated carbocycles. The summed E-state index contributed by atoms with van der Waals surface area (Å²) >= 11 is 0. The molecule has 4 heteroatoms. The van der Waals surface area contributed by atoms with Gasteiger partial charge in [0.25, 0.3) is 0 Å². The summed E-state index contributed by atoms with van der Waals surface area (Å²) < 4.78 is 0. The number of rotatable bonds is 8. The number of hydrogen-bond acceptors (Lipinski definition) is 2. The second-order valence-corrected chi connectivity index (χ2v) is 4.39. The van der Waals surface area contributed by atoms with Gasteiger partial charge in [-0.25, -0.2) is 0 Å². The molecule has 1 amide bonds. The number of aliphatic carboxylic acids is 1. The fourth-order valence-electron chi connectivity index (χ4n) is 1.29. The fourth-order valence-corrected chi connectivity index (χ4v) is 1.29. The lowest BCUT2D eigenvalue weighted by Crippen LogP contribution is -2.13. The molecule has 102 valence electrons. The van der Waals surface area contributed by atoms with Crippen LogP contribution in [0.5, 0.6) is 0 Å². The molecule has 0 bridgehead atoms. The van der Waals surface area contributed by atoms with E-state index in [1.807, 2.05) is 0 Å². The molecule has 0 fully saturated rings. The van der Waals surface area contributed by atoms with Crippen LogP contribution in [0.4, 0.5) is 0 Å². The summed E-state index contributed by atoms with van der Waals surface area (Å²) in [5.41, 5.74) is 0. The van der Waals surface area contributed by atoms with Crippen molar-refractivity contribution in [3.8, 4) is 0 Å². The Hall–Kier alpha value is -1.06. The van der Waals surface area contributed by atoms with Gasteiger partial charge in [-0.3, -0.25) is 9.59 Å². The molecule has 0 aliphatic rings. The summed E-state index contributed by atoms with van der Waals surface area (Å²) in [7, 11) is 3.38. The van der Waals surface area contributed by atoms with Crippen molar-refractivity contribution in [1.82, 2.24) is 4.90 Å². The third kappa shape index (κ3) is 14.9. The highest BCUT2D eigenvalue weighted by Crippen LogP contribution is 2.15. The van der Waals surface area contributed by atoms with Crippen molar-refractivity contribution in [3.05, 3.63) is 0 Å². The number of amides is 1. The largest absolute Gasteiger partial charge is 0.481 e. The highest BCUT2D eigenvalue weighted by Gasteiger charge is 2.15. The molecule has 0 rings (SSSR count). The Morgan fingerprint density at radius 2 is 1.53 bits per heavy atom. The molecule has 0 saturated heterocycles. The van der Waals surface area contributed by atoms with E-state index in [9.17, 15) is 9.59 Å². The van der Waals surface area contributed by atoms with Gasteiger partial charge < -0.3 is 10.0 Å². The number of nitrogens with zero attached hydrogens (tertiary/aromatic N) is 1. The minimum Gasteiger partial charge on any atom is -0.481 e. The molecule has 0 radical (unpaired) electrons. The van der Waals surface area contributed by atoms with Crippen LogP contribution in [0, 0.1) is 5.92 Å². The van der Waals surface area contributed by atoms with Gasteiger partial charge in [0.15, 0.2) is 0 Å². The van der Waals surface area contributed by atoms with E-state index in [1.54, 1.807) is 14.1 Å². The van der Waals surface area contributed by atoms with Crippen LogP contribution in [-0.2, 0) is 9.59 Å². The summed E-state index contributed by atoms with van der Waals surface area (Å²) in [5, 5.41) is 8.83. The Labute approximate surface area is 105 Å². The molecule has 4 nitrogen and oxygen atoms in total. The predicted molar refractivity (Wildman–Crippen MR) is 69.9 cm³/mol. The summed E-state index contributed by atoms with van der Waals surface area (Å²) in [5.74, 6) is -0.707. The second-order valence-electron chi connectivity index (χ2n) is 4.39. The van der Waals surface area contributed by atoms with Crippen LogP contribution in [0.3, 0.4) is 0 Å². The number of carboxylic acids is 1. The maximum atomic E-state index is 10.7. The van der Waals surface area contributed by atoms with Gasteiger partial charge in [0.1, 0.15) is 0 Å². The third-order valence-corrected chi connectivity index (χ3v) is 2.37. The lowest BCUT2D eigenvalue weighted by Gasteiger charge is -2.10. The first kappa shape index (κ1) is 18.3. The monoisotopic (exact) mass is 245 g/mol. The zero-order chi connectivity index (χ0) is 13.7. The third-order valence-electron chi connectivity index (χ3n) is 2.37. The molecule has 0 aromatic rings. The Kier molecular flexibility index (Phi) is 14.0. The van der Waals surface area contributed by atoms with Crippen LogP contribution in [-0.4, -0.2) is 36.5 Å². The van der Waals surface area contributed by atoms with E-state index in [2.05, 4.69) is 13.8 Å². The van der Waals surface area contributed by atoms with E-state index < -0.39 is 5.97 Å². The zero-order valence-corrected chi connectivity index (χ0v) is 11.6. The number of carboxylic acid groups (broad SMARTS) is 1. The SMILES string of the molecule is CCCCC(CCCC)C(=O)O.CN(C)C=O. The Morgan fingerprint density at radius 1 is 1.18 bits per heavy atom. The van der Waals surface area contributed by atoms with E-state index in [1.165, 1.54) is 4.90 Å². The maximum absolute atomic E-state index is 10.7. The lowest BCUT2D eigenvalue weighted by molar-refractivity contribution is -0.142. The van der Waals surface area contributed by atoms with Crippen LogP contribution < -0.4 is 0 Å². The van der Waals surface area contributed by atoms with E-state index in [0.29, 0.717) is 0 Å². The molecule has 0 aromatic heterocycles. The maximum Gasteiger partial charge on any atom is 0.306 e. The summed E-state index contributed by atoms with van der Waals surface area (Å²) in [6, 6.07) is 0. The van der Waals surface area contributed by atoms with E-state index in [4.69, 9.17) is 5.11 Å². The molecular weight excluding hydrogens is 218 g/mol. The van der Waals surface area contributed by atoms with Gasteiger partial charge in [0.2, 0.25) is 6.41 Å². The Bertz CT molecular complexity index is 185. The van der Waals surface area contributed by atoms with Gasteiger partial charge in [0, 0.05) is 14.1 Å². The van der Waals surface area contributed by atoms with Crippen molar-refractivity contribution in [3.63, 3.8) is 0 Å². The fraction of sp³-hybridized carbons (Fsp3) is 0.846. The van der Waals surface area contributed by atoms with E-state index >= 15 is 0 Å². The number of unbranched alkanes of at least 4 members (excludes halogenated alkanes) is 2. The van der Waals surface area contributed by atoms with Crippen molar-refractivity contribution >= 4 is 12.4 Å². The van der Waals surface area contributed by atoms with E-state index in [0.717, 1.165) is 44.9 Å². The Balaban J connectivity index is 0. The predicted octanol–water partition coefficient (Wildman–Crippen LogP) is 2.77. The van der Waals surface area contributed by atoms with Crippen molar-refractivity contribution in [2.75, 3.05) is 14.1 Å². The van der Waals surface area contributed by atoms with Gasteiger partial charge in [-0.2, -0.15) is 0 Å². The van der Waals surface area contributed by atoms with Gasteiger partial charge >= 0.3 is 5.97 Å². The highest BCUT2D eigenvalue weighted by molar-refractivity contribution is 5.69. The molecule has 0 aliphatic heterocycles.